The first-order valence-corrected chi connectivity index (χ1v) is 30.0. The Morgan fingerprint density at radius 1 is 0.329 bits per heavy atom. The average molecular weight is 1040 g/mol. The number of ether oxygens (including phenoxy) is 3. The van der Waals surface area contributed by atoms with Crippen molar-refractivity contribution in [1.29, 1.82) is 0 Å². The van der Waals surface area contributed by atoms with Gasteiger partial charge < -0.3 is 46.1 Å². The monoisotopic (exact) mass is 1040 g/mol. The van der Waals surface area contributed by atoms with Crippen molar-refractivity contribution in [3.05, 3.63) is 0 Å². The fraction of sp³-hybridized carbons (Fsp3) is 0.897. The average Bonchev–Trinajstić information content (AvgIpc) is 3.37. The highest BCUT2D eigenvalue weighted by molar-refractivity contribution is 5.80. The van der Waals surface area contributed by atoms with E-state index in [2.05, 4.69) is 45.7 Å². The van der Waals surface area contributed by atoms with Gasteiger partial charge in [0, 0.05) is 78.2 Å². The Kier molecular flexibility index (Phi) is 53.9. The SMILES string of the molecule is CCCCCCCCCCCCCCCC(=O)NCCOCC(=O)NCCCC[C@@H](CC(=O)NCCCCCCOC)NC(=O)CCCNC(=O)COCCNC(=O)CCCCCCCCCCCCCCC. The molecule has 0 aliphatic heterocycles. The number of carbonyl (C=O) groups is 6. The van der Waals surface area contributed by atoms with Gasteiger partial charge in [0.1, 0.15) is 13.2 Å². The number of rotatable bonds is 57. The summed E-state index contributed by atoms with van der Waals surface area (Å²) < 4.78 is 16.0. The number of amides is 6. The number of carbonyl (C=O) groups excluding carboxylic acids is 6. The smallest absolute Gasteiger partial charge is 0.245 e. The molecule has 0 aliphatic rings. The molecule has 0 unspecified atom stereocenters. The first-order chi connectivity index (χ1) is 35.7. The van der Waals surface area contributed by atoms with Crippen LogP contribution in [0.4, 0.5) is 0 Å². The molecule has 0 spiro atoms. The van der Waals surface area contributed by atoms with Crippen LogP contribution in [0.25, 0.3) is 0 Å². The van der Waals surface area contributed by atoms with Crippen molar-refractivity contribution in [3.63, 3.8) is 0 Å². The van der Waals surface area contributed by atoms with Gasteiger partial charge in [-0.2, -0.15) is 0 Å². The van der Waals surface area contributed by atoms with E-state index >= 15 is 0 Å². The maximum Gasteiger partial charge on any atom is 0.245 e. The normalized spacial score (nSPS) is 11.5. The number of hydrogen-bond donors (Lipinski definition) is 6. The van der Waals surface area contributed by atoms with Gasteiger partial charge in [-0.05, 0) is 51.4 Å². The standard InChI is InChI=1S/C58H112N6O9/c1-4-6-8-10-12-14-16-18-20-22-24-26-30-38-53(65)62-44-47-72-50-57(69)60-42-34-32-37-52(49-56(68)59-41-33-28-29-35-46-71-3)64-55(67)40-36-43-61-58(70)51-73-48-45-63-54(66)39-31-27-25-23-21-19-17-15-13-11-9-7-5-2/h52H,4-51H2,1-3H3,(H,59,68)(H,60,69)(H,61,70)(H,62,65)(H,63,66)(H,64,67)/t52-/m0/s1. The minimum Gasteiger partial charge on any atom is -0.385 e. The van der Waals surface area contributed by atoms with Crippen LogP contribution in [-0.2, 0) is 43.0 Å². The quantitative estimate of drug-likeness (QED) is 0.0321. The summed E-state index contributed by atoms with van der Waals surface area (Å²) in [6.45, 7) is 7.56. The van der Waals surface area contributed by atoms with Crippen molar-refractivity contribution in [3.8, 4) is 0 Å². The van der Waals surface area contributed by atoms with Crippen LogP contribution in [-0.4, -0.2) is 114 Å². The molecule has 0 aromatic heterocycles. The highest BCUT2D eigenvalue weighted by atomic mass is 16.5. The molecule has 0 fully saturated rings. The predicted octanol–water partition coefficient (Wildman–Crippen LogP) is 10.6. The van der Waals surface area contributed by atoms with Crippen molar-refractivity contribution >= 4 is 35.4 Å². The molecular formula is C58H112N6O9. The third-order valence-corrected chi connectivity index (χ3v) is 13.2. The van der Waals surface area contributed by atoms with Crippen molar-refractivity contribution < 1.29 is 43.0 Å². The fourth-order valence-electron chi connectivity index (χ4n) is 8.73. The number of methoxy groups -OCH3 is 1. The number of unbranched alkanes of at least 4 members (excludes halogenated alkanes) is 28. The topological polar surface area (TPSA) is 202 Å². The zero-order chi connectivity index (χ0) is 53.3. The van der Waals surface area contributed by atoms with E-state index in [4.69, 9.17) is 14.2 Å². The van der Waals surface area contributed by atoms with Gasteiger partial charge in [0.25, 0.3) is 0 Å². The fourth-order valence-corrected chi connectivity index (χ4v) is 8.73. The van der Waals surface area contributed by atoms with Crippen LogP contribution in [0.15, 0.2) is 0 Å². The molecule has 0 saturated heterocycles. The second kappa shape index (κ2) is 56.4. The molecule has 0 rings (SSSR count). The lowest BCUT2D eigenvalue weighted by molar-refractivity contribution is -0.127. The van der Waals surface area contributed by atoms with Crippen molar-refractivity contribution in [2.24, 2.45) is 0 Å². The van der Waals surface area contributed by atoms with Crippen LogP contribution in [0.2, 0.25) is 0 Å². The van der Waals surface area contributed by atoms with E-state index in [1.54, 1.807) is 7.11 Å². The van der Waals surface area contributed by atoms with E-state index in [-0.39, 0.29) is 80.8 Å². The summed E-state index contributed by atoms with van der Waals surface area (Å²) in [5, 5.41) is 17.4. The molecular weight excluding hydrogens is 925 g/mol. The van der Waals surface area contributed by atoms with Crippen LogP contribution in [0.5, 0.6) is 0 Å². The third-order valence-electron chi connectivity index (χ3n) is 13.2. The summed E-state index contributed by atoms with van der Waals surface area (Å²) in [6, 6.07) is -0.370. The van der Waals surface area contributed by atoms with Gasteiger partial charge in [-0.15, -0.1) is 0 Å². The maximum atomic E-state index is 12.9. The summed E-state index contributed by atoms with van der Waals surface area (Å²) in [7, 11) is 1.69. The van der Waals surface area contributed by atoms with E-state index in [1.165, 1.54) is 141 Å². The molecule has 0 heterocycles. The van der Waals surface area contributed by atoms with Crippen LogP contribution >= 0.6 is 0 Å². The molecule has 0 aromatic rings. The molecule has 0 bridgehead atoms. The zero-order valence-corrected chi connectivity index (χ0v) is 47.2. The summed E-state index contributed by atoms with van der Waals surface area (Å²) in [6.07, 6.45) is 40.6. The van der Waals surface area contributed by atoms with Gasteiger partial charge in [-0.25, -0.2) is 0 Å². The molecule has 0 saturated carbocycles. The molecule has 15 nitrogen and oxygen atoms in total. The van der Waals surface area contributed by atoms with Gasteiger partial charge in [-0.1, -0.05) is 181 Å². The van der Waals surface area contributed by atoms with Crippen molar-refractivity contribution in [1.82, 2.24) is 31.9 Å². The molecule has 6 amide bonds. The summed E-state index contributed by atoms with van der Waals surface area (Å²) in [5.41, 5.74) is 0. The predicted molar refractivity (Wildman–Crippen MR) is 297 cm³/mol. The van der Waals surface area contributed by atoms with E-state index < -0.39 is 0 Å². The van der Waals surface area contributed by atoms with E-state index in [0.29, 0.717) is 71.2 Å². The van der Waals surface area contributed by atoms with Gasteiger partial charge in [0.2, 0.25) is 35.4 Å². The molecule has 6 N–H and O–H groups in total. The highest BCUT2D eigenvalue weighted by Crippen LogP contribution is 2.15. The largest absolute Gasteiger partial charge is 0.385 e. The Balaban J connectivity index is 4.21. The molecule has 428 valence electrons. The Labute approximate surface area is 445 Å². The lowest BCUT2D eigenvalue weighted by atomic mass is 10.0. The Hall–Kier alpha value is -3.30. The molecule has 0 radical (unpaired) electrons. The first-order valence-electron chi connectivity index (χ1n) is 30.0. The van der Waals surface area contributed by atoms with Gasteiger partial charge in [0.05, 0.1) is 13.2 Å². The zero-order valence-electron chi connectivity index (χ0n) is 47.2. The molecule has 15 heteroatoms. The van der Waals surface area contributed by atoms with Crippen molar-refractivity contribution in [2.75, 3.05) is 72.9 Å². The minimum atomic E-state index is -0.370. The first kappa shape index (κ1) is 69.7. The summed E-state index contributed by atoms with van der Waals surface area (Å²) >= 11 is 0. The molecule has 0 aliphatic carbocycles. The summed E-state index contributed by atoms with van der Waals surface area (Å²) in [5.74, 6) is -0.806. The third kappa shape index (κ3) is 54.8. The van der Waals surface area contributed by atoms with Crippen LogP contribution in [0.1, 0.15) is 258 Å². The van der Waals surface area contributed by atoms with E-state index in [9.17, 15) is 28.8 Å². The van der Waals surface area contributed by atoms with Gasteiger partial charge in [0.15, 0.2) is 0 Å². The van der Waals surface area contributed by atoms with E-state index in [1.807, 2.05) is 0 Å². The molecule has 73 heavy (non-hydrogen) atoms. The van der Waals surface area contributed by atoms with Crippen LogP contribution in [0.3, 0.4) is 0 Å². The minimum absolute atomic E-state index is 0.0113. The summed E-state index contributed by atoms with van der Waals surface area (Å²) in [4.78, 5) is 74.8. The van der Waals surface area contributed by atoms with Crippen molar-refractivity contribution in [2.45, 2.75) is 264 Å². The Morgan fingerprint density at radius 2 is 0.671 bits per heavy atom. The Morgan fingerprint density at radius 3 is 1.11 bits per heavy atom. The lowest BCUT2D eigenvalue weighted by Crippen LogP contribution is -2.40. The lowest BCUT2D eigenvalue weighted by Gasteiger charge is -2.19. The second-order valence-electron chi connectivity index (χ2n) is 20.3. The van der Waals surface area contributed by atoms with E-state index in [0.717, 1.165) is 58.0 Å². The van der Waals surface area contributed by atoms with Gasteiger partial charge >= 0.3 is 0 Å². The maximum absolute atomic E-state index is 12.9. The number of hydrogen-bond acceptors (Lipinski definition) is 9. The highest BCUT2D eigenvalue weighted by Gasteiger charge is 2.17. The second-order valence-corrected chi connectivity index (χ2v) is 20.3. The molecule has 0 aromatic carbocycles. The van der Waals surface area contributed by atoms with Crippen LogP contribution < -0.4 is 31.9 Å². The van der Waals surface area contributed by atoms with Crippen LogP contribution in [0, 0.1) is 0 Å². The number of nitrogens with one attached hydrogen (secondary N) is 6. The molecule has 1 atom stereocenters. The Bertz CT molecular complexity index is 1310. The van der Waals surface area contributed by atoms with Gasteiger partial charge in [-0.3, -0.25) is 28.8 Å².